The van der Waals surface area contributed by atoms with E-state index in [1.165, 1.54) is 12.1 Å². The lowest BCUT2D eigenvalue weighted by Gasteiger charge is -2.38. The topological polar surface area (TPSA) is 103 Å². The number of aromatic nitrogens is 3. The van der Waals surface area contributed by atoms with Crippen molar-refractivity contribution < 1.29 is 9.72 Å². The van der Waals surface area contributed by atoms with Crippen LogP contribution in [0, 0.1) is 15.5 Å². The third kappa shape index (κ3) is 4.37. The second-order valence-corrected chi connectivity index (χ2v) is 9.99. The fourth-order valence-corrected chi connectivity index (χ4v) is 5.11. The van der Waals surface area contributed by atoms with Gasteiger partial charge in [0.05, 0.1) is 4.92 Å². The van der Waals surface area contributed by atoms with E-state index in [9.17, 15) is 14.9 Å². The van der Waals surface area contributed by atoms with Gasteiger partial charge in [-0.05, 0) is 23.8 Å². The first-order valence-corrected chi connectivity index (χ1v) is 11.6. The molecule has 1 aromatic carbocycles. The number of benzene rings is 1. The molecule has 0 amide bonds. The number of carbonyl (C=O) groups is 1. The van der Waals surface area contributed by atoms with E-state index < -0.39 is 11.0 Å². The Morgan fingerprint density at radius 3 is 2.87 bits per heavy atom. The molecule has 1 aliphatic heterocycles. The molecule has 1 aliphatic carbocycles. The Morgan fingerprint density at radius 1 is 1.32 bits per heavy atom. The molecule has 1 atom stereocenters. The van der Waals surface area contributed by atoms with Crippen LogP contribution in [0.2, 0.25) is 0 Å². The largest absolute Gasteiger partial charge is 0.328 e. The fraction of sp³-hybridized carbons (Fsp3) is 0.500. The van der Waals surface area contributed by atoms with Gasteiger partial charge in [-0.15, -0.1) is 5.10 Å². The Morgan fingerprint density at radius 2 is 2.13 bits per heavy atom. The summed E-state index contributed by atoms with van der Waals surface area (Å²) in [4.78, 5) is 28.8. The van der Waals surface area contributed by atoms with Crippen molar-refractivity contribution in [1.82, 2.24) is 14.8 Å². The number of non-ortho nitro benzene ring substituents is 1. The number of nitrogens with one attached hydrogen (secondary N) is 1. The molecule has 0 saturated carbocycles. The van der Waals surface area contributed by atoms with Gasteiger partial charge in [-0.2, -0.15) is 4.98 Å². The number of nitro benzene ring substituents is 1. The van der Waals surface area contributed by atoms with Gasteiger partial charge in [0.15, 0.2) is 5.78 Å². The Labute approximate surface area is 185 Å². The van der Waals surface area contributed by atoms with Crippen LogP contribution >= 0.6 is 11.8 Å². The lowest BCUT2D eigenvalue weighted by atomic mass is 9.73. The van der Waals surface area contributed by atoms with Gasteiger partial charge in [-0.3, -0.25) is 14.9 Å². The average Bonchev–Trinajstić information content (AvgIpc) is 3.11. The first-order chi connectivity index (χ1) is 14.8. The summed E-state index contributed by atoms with van der Waals surface area (Å²) in [6.45, 7) is 6.32. The molecule has 1 N–H and O–H groups in total. The van der Waals surface area contributed by atoms with Gasteiger partial charge in [0.25, 0.3) is 5.69 Å². The molecular formula is C22H27N5O3S. The van der Waals surface area contributed by atoms with Crippen LogP contribution in [0.5, 0.6) is 0 Å². The van der Waals surface area contributed by atoms with Crippen LogP contribution in [-0.2, 0) is 4.79 Å². The third-order valence-corrected chi connectivity index (χ3v) is 6.61. The van der Waals surface area contributed by atoms with E-state index in [4.69, 9.17) is 5.10 Å². The number of nitro groups is 1. The van der Waals surface area contributed by atoms with Crippen LogP contribution in [0.15, 0.2) is 40.7 Å². The van der Waals surface area contributed by atoms with E-state index in [1.807, 2.05) is 6.07 Å². The first kappa shape index (κ1) is 21.5. The molecular weight excluding hydrogens is 414 g/mol. The molecule has 4 rings (SSSR count). The number of ketones is 1. The maximum Gasteiger partial charge on any atom is 0.269 e. The number of fused-ring (bicyclic) bond motifs is 1. The summed E-state index contributed by atoms with van der Waals surface area (Å²) in [6.07, 6.45) is 4.55. The number of allylic oxidation sites excluding steroid dienone is 2. The summed E-state index contributed by atoms with van der Waals surface area (Å²) in [5.41, 5.74) is 2.00. The molecule has 0 saturated heterocycles. The highest BCUT2D eigenvalue weighted by molar-refractivity contribution is 7.99. The second-order valence-electron chi connectivity index (χ2n) is 8.93. The van der Waals surface area contributed by atoms with Gasteiger partial charge in [0.2, 0.25) is 11.1 Å². The van der Waals surface area contributed by atoms with Crippen LogP contribution in [0.1, 0.15) is 64.5 Å². The molecule has 9 heteroatoms. The third-order valence-electron chi connectivity index (χ3n) is 5.69. The lowest BCUT2D eigenvalue weighted by Crippen LogP contribution is -2.36. The number of thioether (sulfide) groups is 1. The highest BCUT2D eigenvalue weighted by Crippen LogP contribution is 2.46. The molecule has 0 radical (unpaired) electrons. The number of carbonyl (C=O) groups excluding carboxylic acids is 1. The summed E-state index contributed by atoms with van der Waals surface area (Å²) in [6, 6.07) is 5.95. The number of anilines is 1. The highest BCUT2D eigenvalue weighted by Gasteiger charge is 2.42. The number of hydrogen-bond acceptors (Lipinski definition) is 7. The number of unbranched alkanes of at least 4 members (excludes halogenated alkanes) is 2. The molecule has 2 aliphatic rings. The molecule has 0 fully saturated rings. The smallest absolute Gasteiger partial charge is 0.269 e. The molecule has 164 valence electrons. The predicted octanol–water partition coefficient (Wildman–Crippen LogP) is 5.13. The van der Waals surface area contributed by atoms with E-state index >= 15 is 0 Å². The minimum absolute atomic E-state index is 0.00222. The number of rotatable bonds is 7. The second kappa shape index (κ2) is 8.45. The van der Waals surface area contributed by atoms with Crippen molar-refractivity contribution in [2.75, 3.05) is 11.1 Å². The van der Waals surface area contributed by atoms with E-state index in [1.54, 1.807) is 22.5 Å². The summed E-state index contributed by atoms with van der Waals surface area (Å²) >= 11 is 1.60. The van der Waals surface area contributed by atoms with Gasteiger partial charge in [0, 0.05) is 35.6 Å². The van der Waals surface area contributed by atoms with Gasteiger partial charge in [-0.1, -0.05) is 57.5 Å². The van der Waals surface area contributed by atoms with Gasteiger partial charge in [-0.25, -0.2) is 4.68 Å². The normalized spacial score (nSPS) is 19.6. The van der Waals surface area contributed by atoms with E-state index in [-0.39, 0.29) is 16.9 Å². The van der Waals surface area contributed by atoms with E-state index in [0.29, 0.717) is 35.1 Å². The van der Waals surface area contributed by atoms with Crippen LogP contribution < -0.4 is 5.32 Å². The molecule has 2 heterocycles. The maximum atomic E-state index is 13.2. The van der Waals surface area contributed by atoms with Gasteiger partial charge in [0.1, 0.15) is 6.04 Å². The zero-order chi connectivity index (χ0) is 22.2. The Balaban J connectivity index is 1.77. The van der Waals surface area contributed by atoms with Crippen molar-refractivity contribution in [2.45, 2.75) is 64.1 Å². The molecule has 0 spiro atoms. The number of nitrogens with zero attached hydrogens (tertiary/aromatic N) is 4. The summed E-state index contributed by atoms with van der Waals surface area (Å²) in [7, 11) is 0. The minimum atomic E-state index is -0.521. The van der Waals surface area contributed by atoms with Gasteiger partial charge >= 0.3 is 0 Å². The quantitative estimate of drug-likeness (QED) is 0.275. The Bertz CT molecular complexity index is 1060. The summed E-state index contributed by atoms with van der Waals surface area (Å²) in [5, 5.41) is 20.1. The average molecular weight is 442 g/mol. The van der Waals surface area contributed by atoms with Gasteiger partial charge < -0.3 is 5.32 Å². The maximum absolute atomic E-state index is 13.2. The summed E-state index contributed by atoms with van der Waals surface area (Å²) < 4.78 is 1.72. The standard InChI is InChI=1S/C22H27N5O3S/c1-4-5-6-10-31-21-24-20-23-16-12-22(2,3)13-17(28)18(16)19(26(20)25-21)14-8-7-9-15(11-14)27(29)30/h7-9,11,19H,4-6,10,12-13H2,1-3H3,(H,23,24,25)/t19-/m1/s1. The fourth-order valence-electron chi connectivity index (χ4n) is 4.28. The van der Waals surface area contributed by atoms with Crippen molar-refractivity contribution in [1.29, 1.82) is 0 Å². The first-order valence-electron chi connectivity index (χ1n) is 10.7. The van der Waals surface area contributed by atoms with Crippen molar-refractivity contribution in [2.24, 2.45) is 5.41 Å². The SMILES string of the molecule is CCCCCSc1nc2n(n1)[C@H](c1cccc([N+](=O)[O-])c1)C1=C(CC(C)(C)CC1=O)N2. The monoisotopic (exact) mass is 441 g/mol. The van der Waals surface area contributed by atoms with E-state index in [0.717, 1.165) is 30.7 Å². The molecule has 0 bridgehead atoms. The molecule has 2 aromatic rings. The summed E-state index contributed by atoms with van der Waals surface area (Å²) in [5.74, 6) is 1.56. The van der Waals surface area contributed by atoms with Crippen LogP contribution in [-0.4, -0.2) is 31.2 Å². The van der Waals surface area contributed by atoms with Crippen LogP contribution in [0.3, 0.4) is 0 Å². The van der Waals surface area contributed by atoms with Crippen LogP contribution in [0.4, 0.5) is 11.6 Å². The number of Topliss-reactive ketones (excluding diaryl/α,β-unsaturated/α-hetero) is 1. The highest BCUT2D eigenvalue weighted by atomic mass is 32.2. The van der Waals surface area contributed by atoms with Crippen LogP contribution in [0.25, 0.3) is 0 Å². The Kier molecular flexibility index (Phi) is 5.88. The Hall–Kier alpha value is -2.68. The van der Waals surface area contributed by atoms with Crippen molar-refractivity contribution in [3.05, 3.63) is 51.2 Å². The predicted molar refractivity (Wildman–Crippen MR) is 120 cm³/mol. The van der Waals surface area contributed by atoms with Crippen molar-refractivity contribution in [3.8, 4) is 0 Å². The molecule has 31 heavy (non-hydrogen) atoms. The van der Waals surface area contributed by atoms with Crippen molar-refractivity contribution >= 4 is 29.2 Å². The molecule has 8 nitrogen and oxygen atoms in total. The zero-order valence-electron chi connectivity index (χ0n) is 18.1. The van der Waals surface area contributed by atoms with E-state index in [2.05, 4.69) is 31.1 Å². The lowest BCUT2D eigenvalue weighted by molar-refractivity contribution is -0.384. The van der Waals surface area contributed by atoms with Crippen molar-refractivity contribution in [3.63, 3.8) is 0 Å². The zero-order valence-corrected chi connectivity index (χ0v) is 18.9. The molecule has 0 unspecified atom stereocenters. The number of hydrogen-bond donors (Lipinski definition) is 1. The molecule has 1 aromatic heterocycles. The minimum Gasteiger partial charge on any atom is -0.328 e.